The summed E-state index contributed by atoms with van der Waals surface area (Å²) in [5, 5.41) is 51.5. The summed E-state index contributed by atoms with van der Waals surface area (Å²) in [4.78, 5) is 76.6. The Labute approximate surface area is 450 Å². The Hall–Kier alpha value is -6.25. The number of piperidine rings is 1. The van der Waals surface area contributed by atoms with Gasteiger partial charge in [0.05, 0.1) is 41.2 Å². The molecule has 2 aromatic carbocycles. The Morgan fingerprint density at radius 2 is 1.57 bits per heavy atom. The molecule has 6 aliphatic rings. The molecule has 9 rings (SSSR count). The predicted molar refractivity (Wildman–Crippen MR) is 288 cm³/mol. The number of carbonyl (C=O) groups is 4. The number of anilines is 1. The molecule has 0 radical (unpaired) electrons. The summed E-state index contributed by atoms with van der Waals surface area (Å²) >= 11 is 0. The minimum absolute atomic E-state index is 0.0256. The van der Waals surface area contributed by atoms with E-state index < -0.39 is 95.1 Å². The molecule has 1 unspecified atom stereocenters. The number of methoxy groups -OCH3 is 1. The van der Waals surface area contributed by atoms with Crippen LogP contribution in [0.3, 0.4) is 0 Å². The molecule has 19 nitrogen and oxygen atoms in total. The normalized spacial score (nSPS) is 29.7. The van der Waals surface area contributed by atoms with Crippen molar-refractivity contribution in [2.45, 2.75) is 124 Å². The third kappa shape index (κ3) is 11.8. The van der Waals surface area contributed by atoms with Gasteiger partial charge in [-0.05, 0) is 50.0 Å². The maximum absolute atomic E-state index is 15.0. The van der Waals surface area contributed by atoms with Gasteiger partial charge in [0.25, 0.3) is 11.7 Å². The average Bonchev–Trinajstić information content (AvgIpc) is 4.09. The number of fused-ring (bicyclic) bond motifs is 13. The van der Waals surface area contributed by atoms with Gasteiger partial charge in [-0.3, -0.25) is 34.1 Å². The molecule has 0 aliphatic carbocycles. The SMILES string of the molecule is CO[C@H]1/C=C/O[C@@]2(C)Oc3c(C)c(O)c4c(O)c(c5c(c4c3C2=O)NC2(CCN(CC(C)C)CC2)N=5)=NC(=O)/C(C)=C\C=C\[C@H](C)C(O)[C@@H](C)[C@@H](O)[C@@H](C)[C@H](OC(=O)CC(=O)N2CCN(CCc3ccncc3)CC2)[C@@H]1C. The molecule has 5 bridgehead atoms. The first-order valence-electron chi connectivity index (χ1n) is 27.0. The number of ether oxygens (including phenoxy) is 4. The van der Waals surface area contributed by atoms with Crippen LogP contribution in [0.25, 0.3) is 10.8 Å². The number of ketones is 1. The minimum Gasteiger partial charge on any atom is -0.507 e. The Morgan fingerprint density at radius 1 is 0.883 bits per heavy atom. The number of phenols is 2. The first kappa shape index (κ1) is 56.9. The summed E-state index contributed by atoms with van der Waals surface area (Å²) in [6.45, 7) is 21.1. The molecule has 5 N–H and O–H groups in total. The van der Waals surface area contributed by atoms with E-state index in [0.717, 1.165) is 19.5 Å². The lowest BCUT2D eigenvalue weighted by Gasteiger charge is -2.38. The molecule has 0 saturated carbocycles. The third-order valence-corrected chi connectivity index (χ3v) is 16.4. The second-order valence-electron chi connectivity index (χ2n) is 22.4. The fourth-order valence-corrected chi connectivity index (χ4v) is 11.5. The van der Waals surface area contributed by atoms with Gasteiger partial charge in [0.15, 0.2) is 5.75 Å². The van der Waals surface area contributed by atoms with Crippen molar-refractivity contribution in [1.29, 1.82) is 0 Å². The van der Waals surface area contributed by atoms with Gasteiger partial charge in [0, 0.05) is 132 Å². The number of hydrogen-bond acceptors (Lipinski definition) is 17. The number of likely N-dealkylation sites (tertiary alicyclic amines) is 1. The highest BCUT2D eigenvalue weighted by Gasteiger charge is 2.51. The Bertz CT molecular complexity index is 2950. The number of piperazine rings is 1. The summed E-state index contributed by atoms with van der Waals surface area (Å²) in [6.07, 6.45) is 8.26. The maximum atomic E-state index is 15.0. The monoisotopic (exact) mass is 1060 g/mol. The predicted octanol–water partition coefficient (Wildman–Crippen LogP) is 4.90. The quantitative estimate of drug-likeness (QED) is 0.109. The van der Waals surface area contributed by atoms with Crippen LogP contribution in [0.1, 0.15) is 96.1 Å². The zero-order valence-electron chi connectivity index (χ0n) is 46.1. The first-order valence-corrected chi connectivity index (χ1v) is 27.0. The van der Waals surface area contributed by atoms with Crippen LogP contribution in [-0.4, -0.2) is 159 Å². The Morgan fingerprint density at radius 3 is 2.23 bits per heavy atom. The van der Waals surface area contributed by atoms with Crippen molar-refractivity contribution >= 4 is 40.0 Å². The number of amides is 2. The number of pyridine rings is 1. The summed E-state index contributed by atoms with van der Waals surface area (Å²) in [7, 11) is 1.45. The number of aromatic hydroxyl groups is 2. The van der Waals surface area contributed by atoms with Crippen molar-refractivity contribution < 1.29 is 58.6 Å². The van der Waals surface area contributed by atoms with Crippen LogP contribution in [0, 0.1) is 36.5 Å². The Kier molecular flexibility index (Phi) is 17.3. The molecule has 77 heavy (non-hydrogen) atoms. The van der Waals surface area contributed by atoms with Crippen molar-refractivity contribution in [3.8, 4) is 17.2 Å². The van der Waals surface area contributed by atoms with Gasteiger partial charge in [-0.15, -0.1) is 0 Å². The van der Waals surface area contributed by atoms with Crippen molar-refractivity contribution in [2.24, 2.45) is 39.6 Å². The average molecular weight is 1060 g/mol. The number of rotatable bonds is 9. The highest BCUT2D eigenvalue weighted by Crippen LogP contribution is 2.51. The maximum Gasteiger partial charge on any atom is 0.315 e. The van der Waals surface area contributed by atoms with Gasteiger partial charge in [0.2, 0.25) is 5.91 Å². The number of allylic oxidation sites excluding steroid dienone is 2. The van der Waals surface area contributed by atoms with Gasteiger partial charge in [-0.1, -0.05) is 59.8 Å². The first-order chi connectivity index (χ1) is 36.6. The van der Waals surface area contributed by atoms with Crippen molar-refractivity contribution in [3.05, 3.63) is 88.1 Å². The number of aliphatic hydroxyl groups is 2. The molecular formula is C58H77N7O12. The van der Waals surface area contributed by atoms with Crippen LogP contribution in [0.4, 0.5) is 5.69 Å². The van der Waals surface area contributed by atoms with Gasteiger partial charge < -0.3 is 54.5 Å². The molecule has 9 atom stereocenters. The van der Waals surface area contributed by atoms with Crippen LogP contribution < -0.4 is 20.8 Å². The van der Waals surface area contributed by atoms with Crippen LogP contribution in [0.5, 0.6) is 17.2 Å². The van der Waals surface area contributed by atoms with E-state index in [0.29, 0.717) is 63.7 Å². The fraction of sp³-hybridized carbons (Fsp3) is 0.569. The van der Waals surface area contributed by atoms with Crippen LogP contribution >= 0.6 is 0 Å². The molecule has 1 aromatic heterocycles. The third-order valence-electron chi connectivity index (χ3n) is 16.4. The standard InChI is InChI=1S/C58H77N7O12/c1-32(2)31-64-23-18-58(19-24-64)61-46-43-44-51(70)38(8)54-45(43)55(72)57(9,77-54)75-29-17-40(74-10)35(5)53(76-42(67)30-41(66)65-27-25-63(26-28-65)22-16-39-14-20-59-21-15-39)37(7)50(69)36(6)49(68)33(3)12-11-13-34(4)56(73)60-48(52(44)71)47(46)62-58/h11-15,17,20-21,29,32-33,35-37,40,49-50,53,61,68-71H,16,18-19,22-28,30-31H2,1-10H3/b12-11+,29-17+,34-13-,60-48?/t33-,35+,36+,37+,40-,49?,50+,53+,57-/m0/s1. The Balaban J connectivity index is 1.12. The molecule has 2 saturated heterocycles. The van der Waals surface area contributed by atoms with E-state index in [1.54, 1.807) is 71.0 Å². The number of benzene rings is 2. The van der Waals surface area contributed by atoms with Gasteiger partial charge in [-0.25, -0.2) is 4.99 Å². The number of hydrogen-bond donors (Lipinski definition) is 5. The zero-order valence-corrected chi connectivity index (χ0v) is 46.1. The highest BCUT2D eigenvalue weighted by molar-refractivity contribution is 6.21. The molecule has 416 valence electrons. The largest absolute Gasteiger partial charge is 0.507 e. The number of nitrogens with zero attached hydrogens (tertiary/aromatic N) is 6. The molecular weight excluding hydrogens is 987 g/mol. The molecule has 1 spiro atoms. The van der Waals surface area contributed by atoms with E-state index in [2.05, 4.69) is 38.9 Å². The van der Waals surface area contributed by atoms with Gasteiger partial charge in [-0.2, -0.15) is 0 Å². The summed E-state index contributed by atoms with van der Waals surface area (Å²) < 4.78 is 24.7. The van der Waals surface area contributed by atoms with Crippen LogP contribution in [-0.2, 0) is 35.0 Å². The van der Waals surface area contributed by atoms with Crippen LogP contribution in [0.15, 0.2) is 70.7 Å². The number of esters is 1. The molecule has 6 aliphatic heterocycles. The topological polar surface area (TPSA) is 245 Å². The van der Waals surface area contributed by atoms with E-state index in [1.165, 1.54) is 38.0 Å². The number of Topliss-reactive ketones (excluding diaryl/α,β-unsaturated/α-hetero) is 1. The molecule has 2 fully saturated rings. The minimum atomic E-state index is -2.02. The molecule has 3 aromatic rings. The summed E-state index contributed by atoms with van der Waals surface area (Å²) in [5.41, 5.74) is 0.933. The second-order valence-corrected chi connectivity index (χ2v) is 22.4. The summed E-state index contributed by atoms with van der Waals surface area (Å²) in [5.74, 6) is -7.88. The number of carbonyl (C=O) groups excluding carboxylic acids is 4. The number of aliphatic hydroxyl groups excluding tert-OH is 2. The number of aromatic nitrogens is 1. The fourth-order valence-electron chi connectivity index (χ4n) is 11.5. The van der Waals surface area contributed by atoms with E-state index in [1.807, 2.05) is 12.1 Å². The molecule has 19 heteroatoms. The lowest BCUT2D eigenvalue weighted by Crippen LogP contribution is -2.50. The second kappa shape index (κ2) is 23.4. The van der Waals surface area contributed by atoms with E-state index in [4.69, 9.17) is 23.9 Å². The van der Waals surface area contributed by atoms with Gasteiger partial charge in [0.1, 0.15) is 40.4 Å². The van der Waals surface area contributed by atoms with E-state index >= 15 is 0 Å². The van der Waals surface area contributed by atoms with Gasteiger partial charge >= 0.3 is 11.8 Å². The molecule has 2 amide bonds. The van der Waals surface area contributed by atoms with Crippen LogP contribution in [0.2, 0.25) is 0 Å². The van der Waals surface area contributed by atoms with Crippen molar-refractivity contribution in [3.63, 3.8) is 0 Å². The summed E-state index contributed by atoms with van der Waals surface area (Å²) in [6, 6.07) is 3.97. The van der Waals surface area contributed by atoms with Crippen molar-refractivity contribution in [2.75, 3.05) is 64.8 Å². The molecule has 7 heterocycles. The van der Waals surface area contributed by atoms with Crippen molar-refractivity contribution in [1.82, 2.24) is 19.7 Å². The van der Waals surface area contributed by atoms with E-state index in [-0.39, 0.29) is 49.8 Å². The smallest absolute Gasteiger partial charge is 0.315 e. The zero-order chi connectivity index (χ0) is 55.7. The number of nitrogens with one attached hydrogen (secondary N) is 1. The lowest BCUT2D eigenvalue weighted by atomic mass is 9.78. The highest BCUT2D eigenvalue weighted by atomic mass is 16.7. The number of phenolic OH excluding ortho intramolecular Hbond substituents is 2. The lowest BCUT2D eigenvalue weighted by molar-refractivity contribution is -0.165. The van der Waals surface area contributed by atoms with E-state index in [9.17, 15) is 39.6 Å².